The Labute approximate surface area is 179 Å². The maximum atomic E-state index is 12.6. The zero-order valence-corrected chi connectivity index (χ0v) is 18.1. The average Bonchev–Trinajstić information content (AvgIpc) is 3.01. The number of anilines is 1. The second-order valence-electron chi connectivity index (χ2n) is 6.69. The largest absolute Gasteiger partial charge is 0.331 e. The van der Waals surface area contributed by atoms with Crippen LogP contribution in [0.3, 0.4) is 0 Å². The zero-order chi connectivity index (χ0) is 21.1. The summed E-state index contributed by atoms with van der Waals surface area (Å²) >= 11 is 11.4. The summed E-state index contributed by atoms with van der Waals surface area (Å²) in [5.74, 6) is -0.00951. The van der Waals surface area contributed by atoms with Gasteiger partial charge >= 0.3 is 0 Å². The van der Waals surface area contributed by atoms with Crippen LogP contribution < -0.4 is 16.2 Å². The van der Waals surface area contributed by atoms with Gasteiger partial charge in [0.25, 0.3) is 5.91 Å². The van der Waals surface area contributed by atoms with Gasteiger partial charge in [-0.2, -0.15) is 5.10 Å². The standard InChI is InChI=1S/C20H21ClN6OS/c1-11-5-6-12(2)16(9-11)22-20(29)25-24-19(28)18-15(21)7-8-17(23-18)27-14(4)10-13(3)26-27/h5-10H,1-4H3,(H,24,28)(H2,22,25,29). The number of pyridine rings is 1. The second kappa shape index (κ2) is 8.59. The summed E-state index contributed by atoms with van der Waals surface area (Å²) in [6, 6.07) is 11.2. The maximum absolute atomic E-state index is 12.6. The summed E-state index contributed by atoms with van der Waals surface area (Å²) in [5, 5.41) is 7.91. The molecule has 2 heterocycles. The van der Waals surface area contributed by atoms with Crippen LogP contribution in [-0.2, 0) is 0 Å². The number of benzene rings is 1. The van der Waals surface area contributed by atoms with Gasteiger partial charge in [0.05, 0.1) is 10.7 Å². The van der Waals surface area contributed by atoms with Crippen LogP contribution >= 0.6 is 23.8 Å². The Morgan fingerprint density at radius 3 is 2.52 bits per heavy atom. The molecule has 9 heteroatoms. The quantitative estimate of drug-likeness (QED) is 0.435. The highest BCUT2D eigenvalue weighted by molar-refractivity contribution is 7.80. The lowest BCUT2D eigenvalue weighted by Gasteiger charge is -2.14. The van der Waals surface area contributed by atoms with Crippen LogP contribution in [0.25, 0.3) is 5.82 Å². The highest BCUT2D eigenvalue weighted by atomic mass is 35.5. The van der Waals surface area contributed by atoms with Crippen LogP contribution in [0.2, 0.25) is 5.02 Å². The molecule has 0 spiro atoms. The number of thiocarbonyl (C=S) groups is 1. The minimum atomic E-state index is -0.511. The van der Waals surface area contributed by atoms with Gasteiger partial charge < -0.3 is 5.32 Å². The molecule has 0 atom stereocenters. The van der Waals surface area contributed by atoms with Crippen molar-refractivity contribution in [2.45, 2.75) is 27.7 Å². The molecule has 0 aliphatic rings. The summed E-state index contributed by atoms with van der Waals surface area (Å²) in [6.45, 7) is 7.76. The van der Waals surface area contributed by atoms with Crippen LogP contribution in [0.1, 0.15) is 33.0 Å². The van der Waals surface area contributed by atoms with Crippen molar-refractivity contribution < 1.29 is 4.79 Å². The molecule has 0 bridgehead atoms. The number of amides is 1. The van der Waals surface area contributed by atoms with E-state index in [0.29, 0.717) is 5.82 Å². The second-order valence-corrected chi connectivity index (χ2v) is 7.51. The molecule has 0 radical (unpaired) electrons. The van der Waals surface area contributed by atoms with E-state index in [1.807, 2.05) is 52.0 Å². The summed E-state index contributed by atoms with van der Waals surface area (Å²) in [4.78, 5) is 16.9. The molecule has 1 aromatic carbocycles. The lowest BCUT2D eigenvalue weighted by atomic mass is 10.1. The summed E-state index contributed by atoms with van der Waals surface area (Å²) in [5.41, 5.74) is 10.0. The topological polar surface area (TPSA) is 83.9 Å². The van der Waals surface area contributed by atoms with Gasteiger partial charge in [-0.15, -0.1) is 0 Å². The van der Waals surface area contributed by atoms with E-state index < -0.39 is 5.91 Å². The highest BCUT2D eigenvalue weighted by Crippen LogP contribution is 2.18. The minimum Gasteiger partial charge on any atom is -0.331 e. The molecule has 0 saturated heterocycles. The Morgan fingerprint density at radius 2 is 1.83 bits per heavy atom. The van der Waals surface area contributed by atoms with Crippen LogP contribution in [-0.4, -0.2) is 25.8 Å². The van der Waals surface area contributed by atoms with Crippen LogP contribution in [0.5, 0.6) is 0 Å². The molecule has 0 aliphatic carbocycles. The molecular weight excluding hydrogens is 408 g/mol. The normalized spacial score (nSPS) is 10.5. The fourth-order valence-corrected chi connectivity index (χ4v) is 3.12. The number of nitrogens with one attached hydrogen (secondary N) is 3. The van der Waals surface area contributed by atoms with E-state index in [1.54, 1.807) is 16.8 Å². The number of halogens is 1. The van der Waals surface area contributed by atoms with Crippen molar-refractivity contribution in [1.29, 1.82) is 0 Å². The van der Waals surface area contributed by atoms with Gasteiger partial charge in [-0.1, -0.05) is 23.7 Å². The first kappa shape index (κ1) is 20.8. The maximum Gasteiger partial charge on any atom is 0.289 e. The predicted molar refractivity (Wildman–Crippen MR) is 119 cm³/mol. The van der Waals surface area contributed by atoms with Crippen LogP contribution in [0, 0.1) is 27.7 Å². The van der Waals surface area contributed by atoms with Crippen LogP contribution in [0.15, 0.2) is 36.4 Å². The number of aromatic nitrogens is 3. The van der Waals surface area contributed by atoms with Gasteiger partial charge in [0.1, 0.15) is 0 Å². The number of nitrogens with zero attached hydrogens (tertiary/aromatic N) is 3. The number of hydrazine groups is 1. The smallest absolute Gasteiger partial charge is 0.289 e. The fourth-order valence-electron chi connectivity index (χ4n) is 2.77. The first-order chi connectivity index (χ1) is 13.7. The lowest BCUT2D eigenvalue weighted by molar-refractivity contribution is 0.0939. The lowest BCUT2D eigenvalue weighted by Crippen LogP contribution is -2.44. The first-order valence-corrected chi connectivity index (χ1v) is 9.68. The number of hydrogen-bond donors (Lipinski definition) is 3. The molecular formula is C20H21ClN6OS. The molecule has 0 aliphatic heterocycles. The molecule has 150 valence electrons. The van der Waals surface area contributed by atoms with Crippen molar-refractivity contribution in [3.8, 4) is 5.82 Å². The summed E-state index contributed by atoms with van der Waals surface area (Å²) < 4.78 is 1.66. The minimum absolute atomic E-state index is 0.0683. The predicted octanol–water partition coefficient (Wildman–Crippen LogP) is 3.79. The van der Waals surface area contributed by atoms with Gasteiger partial charge in [-0.05, 0) is 75.3 Å². The third kappa shape index (κ3) is 4.90. The summed E-state index contributed by atoms with van der Waals surface area (Å²) in [7, 11) is 0. The van der Waals surface area contributed by atoms with Gasteiger partial charge in [-0.25, -0.2) is 9.67 Å². The molecule has 1 amide bonds. The molecule has 2 aromatic heterocycles. The summed E-state index contributed by atoms with van der Waals surface area (Å²) in [6.07, 6.45) is 0. The van der Waals surface area contributed by atoms with E-state index >= 15 is 0 Å². The molecule has 3 rings (SSSR count). The van der Waals surface area contributed by atoms with Gasteiger partial charge in [-0.3, -0.25) is 15.6 Å². The number of aryl methyl sites for hydroxylation is 4. The van der Waals surface area contributed by atoms with Gasteiger partial charge in [0.15, 0.2) is 16.6 Å². The highest BCUT2D eigenvalue weighted by Gasteiger charge is 2.15. The van der Waals surface area contributed by atoms with E-state index in [1.165, 1.54) is 0 Å². The number of hydrogen-bond acceptors (Lipinski definition) is 4. The molecule has 3 aromatic rings. The number of carbonyl (C=O) groups excluding carboxylic acids is 1. The Morgan fingerprint density at radius 1 is 1.07 bits per heavy atom. The van der Waals surface area contributed by atoms with Crippen molar-refractivity contribution in [1.82, 2.24) is 25.6 Å². The number of carbonyl (C=O) groups is 1. The number of rotatable bonds is 3. The van der Waals surface area contributed by atoms with E-state index in [9.17, 15) is 4.79 Å². The molecule has 0 saturated carbocycles. The Hall–Kier alpha value is -2.97. The third-order valence-electron chi connectivity index (χ3n) is 4.20. The van der Waals surface area contributed by atoms with Crippen molar-refractivity contribution >= 4 is 40.5 Å². The SMILES string of the molecule is Cc1ccc(C)c(NC(=S)NNC(=O)c2nc(-n3nc(C)cc3C)ccc2Cl)c1. The van der Waals surface area contributed by atoms with Gasteiger partial charge in [0, 0.05) is 11.4 Å². The first-order valence-electron chi connectivity index (χ1n) is 8.89. The van der Waals surface area contributed by atoms with E-state index in [-0.39, 0.29) is 15.8 Å². The third-order valence-corrected chi connectivity index (χ3v) is 4.71. The average molecular weight is 429 g/mol. The Bertz CT molecular complexity index is 1090. The van der Waals surface area contributed by atoms with Crippen LogP contribution in [0.4, 0.5) is 5.69 Å². The molecule has 0 unspecified atom stereocenters. The molecule has 0 fully saturated rings. The Balaban J connectivity index is 1.70. The van der Waals surface area contributed by atoms with E-state index in [2.05, 4.69) is 26.3 Å². The zero-order valence-electron chi connectivity index (χ0n) is 16.5. The monoisotopic (exact) mass is 428 g/mol. The van der Waals surface area contributed by atoms with E-state index in [4.69, 9.17) is 23.8 Å². The van der Waals surface area contributed by atoms with Crippen molar-refractivity contribution in [2.24, 2.45) is 0 Å². The molecule has 3 N–H and O–H groups in total. The van der Waals surface area contributed by atoms with Crippen molar-refractivity contribution in [3.05, 3.63) is 69.6 Å². The van der Waals surface area contributed by atoms with Crippen molar-refractivity contribution in [2.75, 3.05) is 5.32 Å². The Kier molecular flexibility index (Phi) is 6.14. The molecule has 29 heavy (non-hydrogen) atoms. The van der Waals surface area contributed by atoms with Gasteiger partial charge in [0.2, 0.25) is 0 Å². The van der Waals surface area contributed by atoms with Crippen molar-refractivity contribution in [3.63, 3.8) is 0 Å². The van der Waals surface area contributed by atoms with E-state index in [0.717, 1.165) is 28.2 Å². The molecule has 7 nitrogen and oxygen atoms in total. The fraction of sp³-hybridized carbons (Fsp3) is 0.200.